The molecule has 3 unspecified atom stereocenters. The molecule has 1 amide bonds. The standard InChI is InChI=1S/C16H28N2O3/c1-4-18-7-5-12(6-8-18)17(3)15(19)13-9-11(2)10-14(13)16(20)21/h11-14H,4-10H2,1-3H3,(H,20,21). The minimum Gasteiger partial charge on any atom is -0.481 e. The number of aliphatic carboxylic acids is 1. The van der Waals surface area contributed by atoms with E-state index in [4.69, 9.17) is 0 Å². The number of hydrogen-bond donors (Lipinski definition) is 1. The average Bonchev–Trinajstić information content (AvgIpc) is 2.88. The molecule has 0 aromatic rings. The first-order valence-corrected chi connectivity index (χ1v) is 8.15. The summed E-state index contributed by atoms with van der Waals surface area (Å²) in [7, 11) is 1.86. The van der Waals surface area contributed by atoms with E-state index in [0.717, 1.165) is 32.5 Å². The van der Waals surface area contributed by atoms with Crippen molar-refractivity contribution in [3.8, 4) is 0 Å². The Kier molecular flexibility index (Phi) is 5.25. The number of amides is 1. The molecule has 1 aliphatic heterocycles. The average molecular weight is 296 g/mol. The van der Waals surface area contributed by atoms with Gasteiger partial charge in [-0.2, -0.15) is 0 Å². The largest absolute Gasteiger partial charge is 0.481 e. The van der Waals surface area contributed by atoms with Crippen molar-refractivity contribution in [2.24, 2.45) is 17.8 Å². The Bertz CT molecular complexity index is 391. The van der Waals surface area contributed by atoms with Gasteiger partial charge in [0.15, 0.2) is 0 Å². The van der Waals surface area contributed by atoms with Crippen LogP contribution in [0.2, 0.25) is 0 Å². The minimum absolute atomic E-state index is 0.0432. The molecule has 2 rings (SSSR count). The number of piperidine rings is 1. The van der Waals surface area contributed by atoms with Crippen molar-refractivity contribution in [3.05, 3.63) is 0 Å². The molecule has 0 radical (unpaired) electrons. The van der Waals surface area contributed by atoms with E-state index in [9.17, 15) is 14.7 Å². The molecule has 2 aliphatic rings. The van der Waals surface area contributed by atoms with Crippen molar-refractivity contribution in [1.82, 2.24) is 9.80 Å². The summed E-state index contributed by atoms with van der Waals surface area (Å²) in [6, 6.07) is 0.269. The van der Waals surface area contributed by atoms with Crippen LogP contribution in [0.25, 0.3) is 0 Å². The molecule has 1 saturated carbocycles. The quantitative estimate of drug-likeness (QED) is 0.857. The Hall–Kier alpha value is -1.10. The van der Waals surface area contributed by atoms with Crippen LogP contribution >= 0.6 is 0 Å². The molecule has 0 aromatic carbocycles. The predicted molar refractivity (Wildman–Crippen MR) is 80.9 cm³/mol. The van der Waals surface area contributed by atoms with Gasteiger partial charge in [0.1, 0.15) is 0 Å². The highest BCUT2D eigenvalue weighted by molar-refractivity contribution is 5.85. The minimum atomic E-state index is -0.813. The SMILES string of the molecule is CCN1CCC(N(C)C(=O)C2CC(C)CC2C(=O)O)CC1. The molecule has 2 fully saturated rings. The molecular weight excluding hydrogens is 268 g/mol. The van der Waals surface area contributed by atoms with Crippen LogP contribution in [0.15, 0.2) is 0 Å². The molecule has 1 saturated heterocycles. The number of likely N-dealkylation sites (tertiary alicyclic amines) is 1. The molecule has 3 atom stereocenters. The van der Waals surface area contributed by atoms with E-state index in [1.54, 1.807) is 0 Å². The fraction of sp³-hybridized carbons (Fsp3) is 0.875. The third-order valence-corrected chi connectivity index (χ3v) is 5.33. The van der Waals surface area contributed by atoms with Crippen LogP contribution in [0.3, 0.4) is 0 Å². The van der Waals surface area contributed by atoms with E-state index < -0.39 is 11.9 Å². The molecule has 0 bridgehead atoms. The maximum atomic E-state index is 12.7. The zero-order valence-corrected chi connectivity index (χ0v) is 13.4. The highest BCUT2D eigenvalue weighted by Gasteiger charge is 2.43. The van der Waals surface area contributed by atoms with E-state index in [1.807, 2.05) is 18.9 Å². The third kappa shape index (κ3) is 3.57. The van der Waals surface area contributed by atoms with Crippen molar-refractivity contribution < 1.29 is 14.7 Å². The highest BCUT2D eigenvalue weighted by Crippen LogP contribution is 2.38. The van der Waals surface area contributed by atoms with Gasteiger partial charge in [0.05, 0.1) is 11.8 Å². The van der Waals surface area contributed by atoms with Gasteiger partial charge in [0.25, 0.3) is 0 Å². The summed E-state index contributed by atoms with van der Waals surface area (Å²) < 4.78 is 0. The normalized spacial score (nSPS) is 31.3. The van der Waals surface area contributed by atoms with Gasteiger partial charge in [-0.1, -0.05) is 13.8 Å². The third-order valence-electron chi connectivity index (χ3n) is 5.33. The molecule has 0 spiro atoms. The maximum Gasteiger partial charge on any atom is 0.307 e. The van der Waals surface area contributed by atoms with Crippen LogP contribution in [-0.2, 0) is 9.59 Å². The van der Waals surface area contributed by atoms with Crippen LogP contribution in [0, 0.1) is 17.8 Å². The van der Waals surface area contributed by atoms with E-state index in [1.165, 1.54) is 0 Å². The zero-order chi connectivity index (χ0) is 15.6. The van der Waals surface area contributed by atoms with Gasteiger partial charge >= 0.3 is 5.97 Å². The van der Waals surface area contributed by atoms with Gasteiger partial charge in [0, 0.05) is 26.2 Å². The van der Waals surface area contributed by atoms with Crippen LogP contribution in [0.1, 0.15) is 39.5 Å². The van der Waals surface area contributed by atoms with E-state index in [-0.39, 0.29) is 17.9 Å². The second-order valence-electron chi connectivity index (χ2n) is 6.74. The number of rotatable bonds is 4. The molecule has 1 aliphatic carbocycles. The number of carboxylic acid groups (broad SMARTS) is 1. The van der Waals surface area contributed by atoms with Gasteiger partial charge in [-0.15, -0.1) is 0 Å². The summed E-state index contributed by atoms with van der Waals surface area (Å²) >= 11 is 0. The molecule has 5 nitrogen and oxygen atoms in total. The number of carbonyl (C=O) groups is 2. The van der Waals surface area contributed by atoms with Gasteiger partial charge in [-0.05, 0) is 38.1 Å². The summed E-state index contributed by atoms with van der Waals surface area (Å²) in [5.41, 5.74) is 0. The lowest BCUT2D eigenvalue weighted by molar-refractivity contribution is -0.149. The van der Waals surface area contributed by atoms with Crippen LogP contribution in [0.5, 0.6) is 0 Å². The second kappa shape index (κ2) is 6.77. The summed E-state index contributed by atoms with van der Waals surface area (Å²) in [6.07, 6.45) is 3.34. The van der Waals surface area contributed by atoms with Crippen molar-refractivity contribution in [2.75, 3.05) is 26.7 Å². The topological polar surface area (TPSA) is 60.9 Å². The van der Waals surface area contributed by atoms with Gasteiger partial charge < -0.3 is 14.9 Å². The summed E-state index contributed by atoms with van der Waals surface area (Å²) in [4.78, 5) is 28.3. The van der Waals surface area contributed by atoms with Crippen molar-refractivity contribution >= 4 is 11.9 Å². The lowest BCUT2D eigenvalue weighted by Crippen LogP contribution is -2.48. The summed E-state index contributed by atoms with van der Waals surface area (Å²) in [5, 5.41) is 9.33. The first-order valence-electron chi connectivity index (χ1n) is 8.15. The number of carbonyl (C=O) groups excluding carboxylic acids is 1. The lowest BCUT2D eigenvalue weighted by atomic mass is 9.93. The summed E-state index contributed by atoms with van der Waals surface area (Å²) in [5.74, 6) is -1.26. The first-order chi connectivity index (χ1) is 9.93. The lowest BCUT2D eigenvalue weighted by Gasteiger charge is -2.37. The Morgan fingerprint density at radius 1 is 1.19 bits per heavy atom. The molecule has 120 valence electrons. The van der Waals surface area contributed by atoms with Crippen molar-refractivity contribution in [1.29, 1.82) is 0 Å². The fourth-order valence-electron chi connectivity index (χ4n) is 3.90. The van der Waals surface area contributed by atoms with Crippen LogP contribution in [-0.4, -0.2) is 59.5 Å². The molecule has 0 aromatic heterocycles. The van der Waals surface area contributed by atoms with Crippen molar-refractivity contribution in [3.63, 3.8) is 0 Å². The number of nitrogens with zero attached hydrogens (tertiary/aromatic N) is 2. The van der Waals surface area contributed by atoms with Gasteiger partial charge in [-0.3, -0.25) is 9.59 Å². The number of hydrogen-bond acceptors (Lipinski definition) is 3. The molecule has 5 heteroatoms. The molecule has 21 heavy (non-hydrogen) atoms. The van der Waals surface area contributed by atoms with Gasteiger partial charge in [-0.25, -0.2) is 0 Å². The summed E-state index contributed by atoms with van der Waals surface area (Å²) in [6.45, 7) is 7.32. The highest BCUT2D eigenvalue weighted by atomic mass is 16.4. The fourth-order valence-corrected chi connectivity index (χ4v) is 3.90. The molecule has 1 N–H and O–H groups in total. The molecule has 1 heterocycles. The zero-order valence-electron chi connectivity index (χ0n) is 13.4. The second-order valence-corrected chi connectivity index (χ2v) is 6.74. The first kappa shape index (κ1) is 16.3. The van der Waals surface area contributed by atoms with Crippen LogP contribution in [0.4, 0.5) is 0 Å². The van der Waals surface area contributed by atoms with Crippen LogP contribution < -0.4 is 0 Å². The smallest absolute Gasteiger partial charge is 0.307 e. The molecular formula is C16H28N2O3. The Morgan fingerprint density at radius 3 is 2.29 bits per heavy atom. The Balaban J connectivity index is 1.97. The number of carboxylic acids is 1. The maximum absolute atomic E-state index is 12.7. The van der Waals surface area contributed by atoms with E-state index in [0.29, 0.717) is 18.8 Å². The van der Waals surface area contributed by atoms with Crippen molar-refractivity contribution in [2.45, 2.75) is 45.6 Å². The van der Waals surface area contributed by atoms with E-state index in [2.05, 4.69) is 11.8 Å². The van der Waals surface area contributed by atoms with E-state index >= 15 is 0 Å². The predicted octanol–water partition coefficient (Wildman–Crippen LogP) is 1.68. The monoisotopic (exact) mass is 296 g/mol. The van der Waals surface area contributed by atoms with Gasteiger partial charge in [0.2, 0.25) is 5.91 Å². The Labute approximate surface area is 127 Å². The Morgan fingerprint density at radius 2 is 1.76 bits per heavy atom.